The topological polar surface area (TPSA) is 81.6 Å². The largest absolute Gasteiger partial charge is 0.497 e. The lowest BCUT2D eigenvalue weighted by atomic mass is 10.1. The Kier molecular flexibility index (Phi) is 3.73. The third-order valence-corrected chi connectivity index (χ3v) is 5.19. The number of hydrogen-bond acceptors (Lipinski definition) is 5. The molecule has 1 atom stereocenters. The zero-order chi connectivity index (χ0) is 15.0. The molecule has 4 N–H and O–H groups in total. The lowest BCUT2D eigenvalue weighted by Gasteiger charge is -2.15. The summed E-state index contributed by atoms with van der Waals surface area (Å²) in [6.07, 6.45) is 0.973. The molecule has 1 aromatic carbocycles. The Morgan fingerprint density at radius 3 is 3.00 bits per heavy atom. The molecule has 1 amide bonds. The molecule has 1 aromatic heterocycles. The molecule has 0 bridgehead atoms. The van der Waals surface area contributed by atoms with Crippen molar-refractivity contribution < 1.29 is 9.53 Å². The summed E-state index contributed by atoms with van der Waals surface area (Å²) in [5.41, 5.74) is 12.4. The minimum atomic E-state index is 0.0172. The highest BCUT2D eigenvalue weighted by atomic mass is 32.1. The molecule has 1 unspecified atom stereocenters. The Bertz CT molecular complexity index is 683. The molecule has 0 saturated carbocycles. The maximum Gasteiger partial charge on any atom is 0.266 e. The number of nitrogen functional groups attached to an aromatic ring is 1. The van der Waals surface area contributed by atoms with Gasteiger partial charge in [-0.25, -0.2) is 0 Å². The summed E-state index contributed by atoms with van der Waals surface area (Å²) < 4.78 is 6.19. The van der Waals surface area contributed by atoms with Gasteiger partial charge in [-0.3, -0.25) is 4.79 Å². The normalized spacial score (nSPS) is 18.4. The van der Waals surface area contributed by atoms with Crippen LogP contribution in [-0.4, -0.2) is 37.6 Å². The summed E-state index contributed by atoms with van der Waals surface area (Å²) >= 11 is 1.43. The smallest absolute Gasteiger partial charge is 0.266 e. The van der Waals surface area contributed by atoms with E-state index in [1.807, 2.05) is 23.1 Å². The fourth-order valence-electron chi connectivity index (χ4n) is 2.74. The minimum Gasteiger partial charge on any atom is -0.497 e. The van der Waals surface area contributed by atoms with Gasteiger partial charge in [-0.05, 0) is 37.1 Å². The molecule has 112 valence electrons. The van der Waals surface area contributed by atoms with Gasteiger partial charge < -0.3 is 21.1 Å². The van der Waals surface area contributed by atoms with Gasteiger partial charge in [0.05, 0.1) is 12.8 Å². The van der Waals surface area contributed by atoms with E-state index in [0.717, 1.165) is 35.3 Å². The van der Waals surface area contributed by atoms with Crippen molar-refractivity contribution in [3.63, 3.8) is 0 Å². The first-order chi connectivity index (χ1) is 10.1. The molecule has 1 fully saturated rings. The van der Waals surface area contributed by atoms with E-state index in [-0.39, 0.29) is 5.91 Å². The zero-order valence-electron chi connectivity index (χ0n) is 12.0. The van der Waals surface area contributed by atoms with Crippen LogP contribution in [0.2, 0.25) is 0 Å². The predicted octanol–water partition coefficient (Wildman–Crippen LogP) is 1.91. The second kappa shape index (κ2) is 5.54. The second-order valence-electron chi connectivity index (χ2n) is 5.35. The van der Waals surface area contributed by atoms with Gasteiger partial charge in [0, 0.05) is 23.2 Å². The van der Waals surface area contributed by atoms with Crippen LogP contribution in [-0.2, 0) is 0 Å². The number of hydrogen-bond donors (Lipinski definition) is 2. The SMILES string of the molecule is COc1ccc2c(N)c(C(=O)N3CCC(CN)C3)sc2c1. The molecule has 0 aliphatic carbocycles. The molecule has 1 aliphatic rings. The minimum absolute atomic E-state index is 0.0172. The highest BCUT2D eigenvalue weighted by Crippen LogP contribution is 2.37. The predicted molar refractivity (Wildman–Crippen MR) is 85.9 cm³/mol. The van der Waals surface area contributed by atoms with Gasteiger partial charge in [0.2, 0.25) is 0 Å². The summed E-state index contributed by atoms with van der Waals surface area (Å²) in [5, 5.41) is 0.915. The molecule has 2 heterocycles. The van der Waals surface area contributed by atoms with Crippen LogP contribution in [0.3, 0.4) is 0 Å². The molecule has 21 heavy (non-hydrogen) atoms. The maximum absolute atomic E-state index is 12.6. The van der Waals surface area contributed by atoms with Crippen molar-refractivity contribution in [2.75, 3.05) is 32.5 Å². The number of thiophene rings is 1. The van der Waals surface area contributed by atoms with Crippen molar-refractivity contribution in [3.05, 3.63) is 23.1 Å². The lowest BCUT2D eigenvalue weighted by Crippen LogP contribution is -2.29. The molecule has 6 heteroatoms. The molecule has 2 aromatic rings. The van der Waals surface area contributed by atoms with Gasteiger partial charge in [0.25, 0.3) is 5.91 Å². The number of benzene rings is 1. The molecule has 0 spiro atoms. The number of amides is 1. The van der Waals surface area contributed by atoms with E-state index in [2.05, 4.69) is 0 Å². The molecule has 0 radical (unpaired) electrons. The van der Waals surface area contributed by atoms with Crippen LogP contribution in [0.1, 0.15) is 16.1 Å². The Morgan fingerprint density at radius 2 is 2.33 bits per heavy atom. The van der Waals surface area contributed by atoms with Crippen LogP contribution in [0.4, 0.5) is 5.69 Å². The number of rotatable bonds is 3. The van der Waals surface area contributed by atoms with Crippen LogP contribution in [0.15, 0.2) is 18.2 Å². The van der Waals surface area contributed by atoms with Crippen molar-refractivity contribution in [3.8, 4) is 5.75 Å². The van der Waals surface area contributed by atoms with E-state index in [4.69, 9.17) is 16.2 Å². The zero-order valence-corrected chi connectivity index (χ0v) is 12.8. The van der Waals surface area contributed by atoms with Crippen molar-refractivity contribution in [1.29, 1.82) is 0 Å². The highest BCUT2D eigenvalue weighted by molar-refractivity contribution is 7.21. The van der Waals surface area contributed by atoms with Crippen LogP contribution in [0, 0.1) is 5.92 Å². The van der Waals surface area contributed by atoms with Crippen molar-refractivity contribution in [2.45, 2.75) is 6.42 Å². The number of carbonyl (C=O) groups is 1. The number of carbonyl (C=O) groups excluding carboxylic acids is 1. The third-order valence-electron chi connectivity index (χ3n) is 4.04. The molecule has 1 aliphatic heterocycles. The number of methoxy groups -OCH3 is 1. The number of ether oxygens (including phenoxy) is 1. The molecular formula is C15H19N3O2S. The van der Waals surface area contributed by atoms with E-state index in [0.29, 0.717) is 23.0 Å². The standard InChI is InChI=1S/C15H19N3O2S/c1-20-10-2-3-11-12(6-10)21-14(13(11)17)15(19)18-5-4-9(7-16)8-18/h2-3,6,9H,4-5,7-8,16-17H2,1H3. The average molecular weight is 305 g/mol. The first-order valence-electron chi connectivity index (χ1n) is 6.99. The van der Waals surface area contributed by atoms with Gasteiger partial charge in [-0.15, -0.1) is 11.3 Å². The first-order valence-corrected chi connectivity index (χ1v) is 7.81. The van der Waals surface area contributed by atoms with Crippen LogP contribution >= 0.6 is 11.3 Å². The summed E-state index contributed by atoms with van der Waals surface area (Å²) in [5.74, 6) is 1.19. The van der Waals surface area contributed by atoms with Crippen molar-refractivity contribution in [2.24, 2.45) is 11.7 Å². The summed E-state index contributed by atoms with van der Waals surface area (Å²) in [7, 11) is 1.63. The Labute approximate surface area is 127 Å². The van der Waals surface area contributed by atoms with Gasteiger partial charge in [-0.1, -0.05) is 0 Å². The van der Waals surface area contributed by atoms with Gasteiger partial charge in [0.15, 0.2) is 0 Å². The Balaban J connectivity index is 1.93. The lowest BCUT2D eigenvalue weighted by molar-refractivity contribution is 0.0793. The Morgan fingerprint density at radius 1 is 1.52 bits per heavy atom. The monoisotopic (exact) mass is 305 g/mol. The summed E-state index contributed by atoms with van der Waals surface area (Å²) in [6.45, 7) is 2.12. The number of likely N-dealkylation sites (tertiary alicyclic amines) is 1. The number of fused-ring (bicyclic) bond motifs is 1. The fourth-order valence-corrected chi connectivity index (χ4v) is 3.86. The van der Waals surface area contributed by atoms with Gasteiger partial charge in [0.1, 0.15) is 10.6 Å². The number of anilines is 1. The number of nitrogens with two attached hydrogens (primary N) is 2. The average Bonchev–Trinajstić information content (AvgIpc) is 3.11. The van der Waals surface area contributed by atoms with Crippen LogP contribution in [0.5, 0.6) is 5.75 Å². The second-order valence-corrected chi connectivity index (χ2v) is 6.40. The highest BCUT2D eigenvalue weighted by Gasteiger charge is 2.28. The van der Waals surface area contributed by atoms with Crippen molar-refractivity contribution in [1.82, 2.24) is 4.90 Å². The van der Waals surface area contributed by atoms with Crippen molar-refractivity contribution >= 4 is 33.0 Å². The third kappa shape index (κ3) is 2.45. The number of nitrogens with zero attached hydrogens (tertiary/aromatic N) is 1. The molecule has 5 nitrogen and oxygen atoms in total. The van der Waals surface area contributed by atoms with E-state index in [1.54, 1.807) is 7.11 Å². The van der Waals surface area contributed by atoms with Crippen LogP contribution < -0.4 is 16.2 Å². The molecule has 1 saturated heterocycles. The molecular weight excluding hydrogens is 286 g/mol. The Hall–Kier alpha value is -1.79. The fraction of sp³-hybridized carbons (Fsp3) is 0.400. The van der Waals surface area contributed by atoms with E-state index >= 15 is 0 Å². The molecule has 3 rings (SSSR count). The summed E-state index contributed by atoms with van der Waals surface area (Å²) in [4.78, 5) is 15.1. The van der Waals surface area contributed by atoms with E-state index in [9.17, 15) is 4.79 Å². The quantitative estimate of drug-likeness (QED) is 0.907. The van der Waals surface area contributed by atoms with E-state index < -0.39 is 0 Å². The first kappa shape index (κ1) is 14.2. The van der Waals surface area contributed by atoms with Gasteiger partial charge in [-0.2, -0.15) is 0 Å². The van der Waals surface area contributed by atoms with Gasteiger partial charge >= 0.3 is 0 Å². The summed E-state index contributed by atoms with van der Waals surface area (Å²) in [6, 6.07) is 5.68. The van der Waals surface area contributed by atoms with Crippen LogP contribution in [0.25, 0.3) is 10.1 Å². The van der Waals surface area contributed by atoms with E-state index in [1.165, 1.54) is 11.3 Å². The maximum atomic E-state index is 12.6.